The molecule has 0 fully saturated rings. The Morgan fingerprint density at radius 3 is 2.78 bits per heavy atom. The summed E-state index contributed by atoms with van der Waals surface area (Å²) in [5.41, 5.74) is -0.179. The minimum atomic E-state index is -1.07. The second-order valence-corrected chi connectivity index (χ2v) is 4.42. The van der Waals surface area contributed by atoms with Crippen LogP contribution in [-0.4, -0.2) is 30.3 Å². The number of carboxylic acid groups (broad SMARTS) is 1. The van der Waals surface area contributed by atoms with Crippen LogP contribution in [0.1, 0.15) is 18.9 Å². The van der Waals surface area contributed by atoms with Crippen LogP contribution >= 0.6 is 0 Å². The summed E-state index contributed by atoms with van der Waals surface area (Å²) < 4.78 is 18.7. The summed E-state index contributed by atoms with van der Waals surface area (Å²) in [4.78, 5) is 11.0. The van der Waals surface area contributed by atoms with Gasteiger partial charge in [0.1, 0.15) is 5.54 Å². The second-order valence-electron chi connectivity index (χ2n) is 4.42. The standard InChI is InChI=1S/C13H18FNO3/c1-9-4-5-10(14)11(8-9)18-7-6-13(2,15-3)12(16)17/h4-5,8,15H,6-7H2,1-3H3,(H,16,17). The molecule has 0 aliphatic carbocycles. The molecule has 0 radical (unpaired) electrons. The average Bonchev–Trinajstić information content (AvgIpc) is 2.33. The molecule has 4 nitrogen and oxygen atoms in total. The fourth-order valence-corrected chi connectivity index (χ4v) is 1.43. The molecule has 1 unspecified atom stereocenters. The topological polar surface area (TPSA) is 58.6 Å². The summed E-state index contributed by atoms with van der Waals surface area (Å²) in [6.45, 7) is 3.52. The van der Waals surface area contributed by atoms with Crippen molar-refractivity contribution in [1.29, 1.82) is 0 Å². The maximum Gasteiger partial charge on any atom is 0.323 e. The van der Waals surface area contributed by atoms with Gasteiger partial charge in [-0.05, 0) is 38.6 Å². The minimum absolute atomic E-state index is 0.129. The van der Waals surface area contributed by atoms with Crippen molar-refractivity contribution in [2.75, 3.05) is 13.7 Å². The van der Waals surface area contributed by atoms with Gasteiger partial charge in [0.25, 0.3) is 0 Å². The smallest absolute Gasteiger partial charge is 0.323 e. The fraction of sp³-hybridized carbons (Fsp3) is 0.462. The highest BCUT2D eigenvalue weighted by molar-refractivity contribution is 5.78. The number of aliphatic carboxylic acids is 1. The van der Waals surface area contributed by atoms with Crippen LogP contribution in [-0.2, 0) is 4.79 Å². The molecule has 0 saturated heterocycles. The quantitative estimate of drug-likeness (QED) is 0.816. The van der Waals surface area contributed by atoms with Crippen LogP contribution in [0.2, 0.25) is 0 Å². The molecular weight excluding hydrogens is 237 g/mol. The Labute approximate surface area is 106 Å². The maximum absolute atomic E-state index is 13.4. The SMILES string of the molecule is CNC(C)(CCOc1cc(C)ccc1F)C(=O)O. The first-order valence-corrected chi connectivity index (χ1v) is 5.70. The van der Waals surface area contributed by atoms with Crippen molar-refractivity contribution in [2.24, 2.45) is 0 Å². The number of carboxylic acids is 1. The number of rotatable bonds is 6. The lowest BCUT2D eigenvalue weighted by atomic mass is 9.99. The van der Waals surface area contributed by atoms with Crippen molar-refractivity contribution >= 4 is 5.97 Å². The van der Waals surface area contributed by atoms with Gasteiger partial charge in [-0.2, -0.15) is 0 Å². The zero-order valence-electron chi connectivity index (χ0n) is 10.8. The number of carbonyl (C=O) groups is 1. The van der Waals surface area contributed by atoms with Crippen LogP contribution in [0.15, 0.2) is 18.2 Å². The third kappa shape index (κ3) is 3.43. The summed E-state index contributed by atoms with van der Waals surface area (Å²) in [6, 6.07) is 4.57. The number of aryl methyl sites for hydroxylation is 1. The highest BCUT2D eigenvalue weighted by atomic mass is 19.1. The zero-order chi connectivity index (χ0) is 13.8. The number of nitrogens with one attached hydrogen (secondary N) is 1. The van der Waals surface area contributed by atoms with Gasteiger partial charge in [0.2, 0.25) is 0 Å². The van der Waals surface area contributed by atoms with Crippen LogP contribution in [0.25, 0.3) is 0 Å². The van der Waals surface area contributed by atoms with E-state index < -0.39 is 17.3 Å². The molecule has 1 atom stereocenters. The van der Waals surface area contributed by atoms with Gasteiger partial charge >= 0.3 is 5.97 Å². The first-order chi connectivity index (χ1) is 8.39. The first-order valence-electron chi connectivity index (χ1n) is 5.70. The molecule has 0 aliphatic heterocycles. The van der Waals surface area contributed by atoms with Gasteiger partial charge in [0, 0.05) is 6.42 Å². The van der Waals surface area contributed by atoms with Crippen molar-refractivity contribution in [3.05, 3.63) is 29.6 Å². The Balaban J connectivity index is 2.61. The summed E-state index contributed by atoms with van der Waals surface area (Å²) in [7, 11) is 1.57. The van der Waals surface area contributed by atoms with E-state index in [1.165, 1.54) is 6.07 Å². The average molecular weight is 255 g/mol. The van der Waals surface area contributed by atoms with Crippen LogP contribution in [0.4, 0.5) is 4.39 Å². The molecule has 0 bridgehead atoms. The highest BCUT2D eigenvalue weighted by Crippen LogP contribution is 2.19. The number of benzene rings is 1. The van der Waals surface area contributed by atoms with E-state index in [4.69, 9.17) is 9.84 Å². The van der Waals surface area contributed by atoms with Crippen molar-refractivity contribution < 1.29 is 19.0 Å². The van der Waals surface area contributed by atoms with E-state index in [0.29, 0.717) is 0 Å². The predicted molar refractivity (Wildman–Crippen MR) is 66.3 cm³/mol. The van der Waals surface area contributed by atoms with E-state index >= 15 is 0 Å². The lowest BCUT2D eigenvalue weighted by Gasteiger charge is -2.24. The van der Waals surface area contributed by atoms with Crippen molar-refractivity contribution in [1.82, 2.24) is 5.32 Å². The van der Waals surface area contributed by atoms with Crippen molar-refractivity contribution in [3.8, 4) is 5.75 Å². The molecule has 100 valence electrons. The molecule has 0 spiro atoms. The van der Waals surface area contributed by atoms with E-state index in [2.05, 4.69) is 5.32 Å². The Kier molecular flexibility index (Phi) is 4.67. The maximum atomic E-state index is 13.4. The number of halogens is 1. The molecule has 0 saturated carbocycles. The van der Waals surface area contributed by atoms with Crippen LogP contribution < -0.4 is 10.1 Å². The molecular formula is C13H18FNO3. The highest BCUT2D eigenvalue weighted by Gasteiger charge is 2.30. The minimum Gasteiger partial charge on any atom is -0.490 e. The van der Waals surface area contributed by atoms with Gasteiger partial charge in [0.05, 0.1) is 6.61 Å². The zero-order valence-corrected chi connectivity index (χ0v) is 10.8. The normalized spacial score (nSPS) is 14.0. The monoisotopic (exact) mass is 255 g/mol. The van der Waals surface area contributed by atoms with Gasteiger partial charge in [0.15, 0.2) is 11.6 Å². The predicted octanol–water partition coefficient (Wildman–Crippen LogP) is 1.97. The first kappa shape index (κ1) is 14.4. The van der Waals surface area contributed by atoms with E-state index in [-0.39, 0.29) is 18.8 Å². The number of ether oxygens (including phenoxy) is 1. The molecule has 0 aromatic heterocycles. The Morgan fingerprint density at radius 1 is 1.56 bits per heavy atom. The van der Waals surface area contributed by atoms with Crippen LogP contribution in [0.3, 0.4) is 0 Å². The number of likely N-dealkylation sites (N-methyl/N-ethyl adjacent to an activating group) is 1. The summed E-state index contributed by atoms with van der Waals surface area (Å²) in [6.07, 6.45) is 0.242. The third-order valence-electron chi connectivity index (χ3n) is 2.97. The lowest BCUT2D eigenvalue weighted by molar-refractivity contribution is -0.144. The molecule has 0 amide bonds. The van der Waals surface area contributed by atoms with Gasteiger partial charge in [-0.25, -0.2) is 4.39 Å². The van der Waals surface area contributed by atoms with Gasteiger partial charge < -0.3 is 15.2 Å². The third-order valence-corrected chi connectivity index (χ3v) is 2.97. The number of hydrogen-bond donors (Lipinski definition) is 2. The molecule has 5 heteroatoms. The molecule has 1 rings (SSSR count). The fourth-order valence-electron chi connectivity index (χ4n) is 1.43. The second kappa shape index (κ2) is 5.82. The molecule has 18 heavy (non-hydrogen) atoms. The molecule has 2 N–H and O–H groups in total. The van der Waals surface area contributed by atoms with Gasteiger partial charge in [-0.3, -0.25) is 4.79 Å². The van der Waals surface area contributed by atoms with Crippen molar-refractivity contribution in [2.45, 2.75) is 25.8 Å². The van der Waals surface area contributed by atoms with E-state index in [0.717, 1.165) is 5.56 Å². The summed E-state index contributed by atoms with van der Waals surface area (Å²) in [5.74, 6) is -1.25. The molecule has 0 heterocycles. The number of hydrogen-bond acceptors (Lipinski definition) is 3. The van der Waals surface area contributed by atoms with Gasteiger partial charge in [-0.1, -0.05) is 6.07 Å². The Bertz CT molecular complexity index is 436. The lowest BCUT2D eigenvalue weighted by Crippen LogP contribution is -2.48. The molecule has 1 aromatic carbocycles. The molecule has 1 aromatic rings. The molecule has 0 aliphatic rings. The summed E-state index contributed by atoms with van der Waals surface area (Å²) in [5, 5.41) is 11.8. The Hall–Kier alpha value is -1.62. The van der Waals surface area contributed by atoms with E-state index in [9.17, 15) is 9.18 Å². The van der Waals surface area contributed by atoms with E-state index in [1.54, 1.807) is 26.1 Å². The Morgan fingerprint density at radius 2 is 2.22 bits per heavy atom. The van der Waals surface area contributed by atoms with Crippen molar-refractivity contribution in [3.63, 3.8) is 0 Å². The van der Waals surface area contributed by atoms with E-state index in [1.807, 2.05) is 6.92 Å². The van der Waals surface area contributed by atoms with Gasteiger partial charge in [-0.15, -0.1) is 0 Å². The van der Waals surface area contributed by atoms with Crippen LogP contribution in [0.5, 0.6) is 5.75 Å². The summed E-state index contributed by atoms with van der Waals surface area (Å²) >= 11 is 0. The largest absolute Gasteiger partial charge is 0.490 e. The van der Waals surface area contributed by atoms with Crippen LogP contribution in [0, 0.1) is 12.7 Å².